The molecule has 2 amide bonds. The van der Waals surface area contributed by atoms with Crippen molar-refractivity contribution < 1.29 is 18.0 Å². The minimum Gasteiger partial charge on any atom is -0.357 e. The Hall–Kier alpha value is -3.37. The number of likely N-dealkylation sites (N-methyl/N-ethyl adjacent to an activating group) is 1. The van der Waals surface area contributed by atoms with E-state index >= 15 is 0 Å². The van der Waals surface area contributed by atoms with Gasteiger partial charge in [-0.05, 0) is 53.6 Å². The average molecular weight is 689 g/mol. The van der Waals surface area contributed by atoms with Crippen LogP contribution < -0.4 is 9.62 Å². The van der Waals surface area contributed by atoms with Crippen molar-refractivity contribution in [1.29, 1.82) is 0 Å². The van der Waals surface area contributed by atoms with Gasteiger partial charge in [0.2, 0.25) is 11.8 Å². The normalized spacial score (nSPS) is 11.9. The van der Waals surface area contributed by atoms with Crippen LogP contribution in [0.2, 0.25) is 10.0 Å². The Morgan fingerprint density at radius 2 is 1.50 bits per heavy atom. The zero-order chi connectivity index (χ0) is 30.3. The van der Waals surface area contributed by atoms with E-state index in [0.29, 0.717) is 5.02 Å². The van der Waals surface area contributed by atoms with Crippen molar-refractivity contribution in [3.05, 3.63) is 129 Å². The van der Waals surface area contributed by atoms with Gasteiger partial charge in [0, 0.05) is 29.5 Å². The lowest BCUT2D eigenvalue weighted by Crippen LogP contribution is -2.53. The van der Waals surface area contributed by atoms with E-state index in [2.05, 4.69) is 21.2 Å². The van der Waals surface area contributed by atoms with Crippen LogP contribution in [0.4, 0.5) is 5.69 Å². The van der Waals surface area contributed by atoms with Crippen LogP contribution in [0.3, 0.4) is 0 Å². The molecule has 1 N–H and O–H groups in total. The average Bonchev–Trinajstić information content (AvgIpc) is 2.98. The summed E-state index contributed by atoms with van der Waals surface area (Å²) in [4.78, 5) is 29.0. The second-order valence-electron chi connectivity index (χ2n) is 9.39. The molecule has 42 heavy (non-hydrogen) atoms. The fourth-order valence-electron chi connectivity index (χ4n) is 4.47. The number of anilines is 1. The Kier molecular flexibility index (Phi) is 10.7. The van der Waals surface area contributed by atoms with E-state index < -0.39 is 28.5 Å². The largest absolute Gasteiger partial charge is 0.357 e. The number of carbonyl (C=O) groups excluding carboxylic acids is 2. The minimum atomic E-state index is -4.26. The van der Waals surface area contributed by atoms with E-state index in [1.54, 1.807) is 18.2 Å². The molecule has 0 saturated carbocycles. The van der Waals surface area contributed by atoms with Crippen LogP contribution in [0.1, 0.15) is 11.1 Å². The Labute approximate surface area is 264 Å². The van der Waals surface area contributed by atoms with E-state index in [4.69, 9.17) is 23.2 Å². The number of hydrogen-bond donors (Lipinski definition) is 1. The molecule has 4 aromatic rings. The highest BCUT2D eigenvalue weighted by Gasteiger charge is 2.35. The van der Waals surface area contributed by atoms with Gasteiger partial charge < -0.3 is 10.2 Å². The van der Waals surface area contributed by atoms with Gasteiger partial charge in [0.15, 0.2) is 0 Å². The predicted octanol–water partition coefficient (Wildman–Crippen LogP) is 6.34. The number of halogens is 3. The van der Waals surface area contributed by atoms with Crippen molar-refractivity contribution in [3.63, 3.8) is 0 Å². The topological polar surface area (TPSA) is 86.8 Å². The molecule has 0 fully saturated rings. The molecule has 218 valence electrons. The van der Waals surface area contributed by atoms with Crippen LogP contribution in [-0.4, -0.2) is 44.8 Å². The Bertz CT molecular complexity index is 1660. The molecule has 0 spiro atoms. The van der Waals surface area contributed by atoms with Crippen LogP contribution >= 0.6 is 39.1 Å². The summed E-state index contributed by atoms with van der Waals surface area (Å²) in [5.41, 5.74) is 1.68. The zero-order valence-electron chi connectivity index (χ0n) is 22.6. The van der Waals surface area contributed by atoms with Gasteiger partial charge in [0.1, 0.15) is 12.6 Å². The van der Waals surface area contributed by atoms with Crippen molar-refractivity contribution in [2.24, 2.45) is 0 Å². The van der Waals surface area contributed by atoms with Crippen molar-refractivity contribution in [2.45, 2.75) is 23.9 Å². The quantitative estimate of drug-likeness (QED) is 0.199. The van der Waals surface area contributed by atoms with E-state index in [1.807, 2.05) is 54.6 Å². The second kappa shape index (κ2) is 14.2. The molecule has 0 saturated heterocycles. The minimum absolute atomic E-state index is 0.0190. The van der Waals surface area contributed by atoms with Crippen molar-refractivity contribution in [2.75, 3.05) is 17.9 Å². The number of rotatable bonds is 11. The van der Waals surface area contributed by atoms with Gasteiger partial charge in [-0.25, -0.2) is 8.42 Å². The van der Waals surface area contributed by atoms with Crippen LogP contribution in [0, 0.1) is 0 Å². The fourth-order valence-corrected chi connectivity index (χ4v) is 6.93. The summed E-state index contributed by atoms with van der Waals surface area (Å²) >= 11 is 16.1. The van der Waals surface area contributed by atoms with Gasteiger partial charge in [0.25, 0.3) is 10.0 Å². The molecule has 4 aromatic carbocycles. The van der Waals surface area contributed by atoms with E-state index in [9.17, 15) is 18.0 Å². The van der Waals surface area contributed by atoms with E-state index in [-0.39, 0.29) is 34.5 Å². The number of sulfonamides is 1. The van der Waals surface area contributed by atoms with Crippen molar-refractivity contribution >= 4 is 66.7 Å². The summed E-state index contributed by atoms with van der Waals surface area (Å²) in [6.07, 6.45) is 0.216. The van der Waals surface area contributed by atoms with Crippen LogP contribution in [0.5, 0.6) is 0 Å². The van der Waals surface area contributed by atoms with Gasteiger partial charge in [-0.1, -0.05) is 99.8 Å². The monoisotopic (exact) mass is 687 g/mol. The Morgan fingerprint density at radius 1 is 0.857 bits per heavy atom. The molecular weight excluding hydrogens is 661 g/mol. The molecule has 0 aliphatic carbocycles. The summed E-state index contributed by atoms with van der Waals surface area (Å²) in [7, 11) is -2.76. The first-order valence-corrected chi connectivity index (χ1v) is 15.9. The van der Waals surface area contributed by atoms with Crippen LogP contribution in [-0.2, 0) is 32.6 Å². The maximum atomic E-state index is 14.3. The first kappa shape index (κ1) is 31.6. The van der Waals surface area contributed by atoms with Gasteiger partial charge in [0.05, 0.1) is 15.6 Å². The highest BCUT2D eigenvalue weighted by Crippen LogP contribution is 2.33. The molecule has 0 unspecified atom stereocenters. The predicted molar refractivity (Wildman–Crippen MR) is 170 cm³/mol. The lowest BCUT2D eigenvalue weighted by molar-refractivity contribution is -0.139. The summed E-state index contributed by atoms with van der Waals surface area (Å²) in [5.74, 6) is -0.978. The fraction of sp³-hybridized carbons (Fsp3) is 0.161. The number of benzene rings is 4. The maximum Gasteiger partial charge on any atom is 0.264 e. The number of nitrogens with one attached hydrogen (secondary N) is 1. The molecule has 7 nitrogen and oxygen atoms in total. The molecule has 0 aliphatic rings. The van der Waals surface area contributed by atoms with Crippen molar-refractivity contribution in [1.82, 2.24) is 10.2 Å². The Balaban J connectivity index is 1.81. The molecule has 0 aliphatic heterocycles. The standard InChI is InChI=1S/C31H28BrCl2N3O4S/c1-35-31(39)29(18-22-9-4-2-5-10-22)36(20-23-11-8-12-24(32)17-23)30(38)21-37(28-16-15-25(33)19-27(28)34)42(40,41)26-13-6-3-7-14-26/h2-17,19,29H,18,20-21H2,1H3,(H,35,39)/t29-/m0/s1. The Morgan fingerprint density at radius 3 is 2.12 bits per heavy atom. The number of hydrogen-bond acceptors (Lipinski definition) is 4. The SMILES string of the molecule is CNC(=O)[C@H](Cc1ccccc1)N(Cc1cccc(Br)c1)C(=O)CN(c1ccc(Cl)cc1Cl)S(=O)(=O)c1ccccc1. The van der Waals surface area contributed by atoms with Crippen LogP contribution in [0.15, 0.2) is 112 Å². The second-order valence-corrected chi connectivity index (χ2v) is 13.0. The third-order valence-corrected chi connectivity index (χ3v) is 9.35. The summed E-state index contributed by atoms with van der Waals surface area (Å²) in [5, 5.41) is 3.03. The number of nitrogens with zero attached hydrogens (tertiary/aromatic N) is 2. The zero-order valence-corrected chi connectivity index (χ0v) is 26.5. The van der Waals surface area contributed by atoms with Gasteiger partial charge in [-0.15, -0.1) is 0 Å². The lowest BCUT2D eigenvalue weighted by Gasteiger charge is -2.33. The molecule has 0 radical (unpaired) electrons. The van der Waals surface area contributed by atoms with Crippen molar-refractivity contribution in [3.8, 4) is 0 Å². The first-order valence-electron chi connectivity index (χ1n) is 12.9. The molecule has 4 rings (SSSR count). The molecule has 0 heterocycles. The number of amides is 2. The van der Waals surface area contributed by atoms with E-state index in [1.165, 1.54) is 42.3 Å². The number of carbonyl (C=O) groups is 2. The maximum absolute atomic E-state index is 14.3. The molecule has 0 aromatic heterocycles. The first-order chi connectivity index (χ1) is 20.1. The molecule has 11 heteroatoms. The lowest BCUT2D eigenvalue weighted by atomic mass is 10.0. The third kappa shape index (κ3) is 7.72. The summed E-state index contributed by atoms with van der Waals surface area (Å²) in [6, 6.07) is 27.9. The summed E-state index contributed by atoms with van der Waals surface area (Å²) < 4.78 is 29.7. The van der Waals surface area contributed by atoms with E-state index in [0.717, 1.165) is 19.9 Å². The summed E-state index contributed by atoms with van der Waals surface area (Å²) in [6.45, 7) is -0.564. The van der Waals surface area contributed by atoms with Gasteiger partial charge >= 0.3 is 0 Å². The highest BCUT2D eigenvalue weighted by atomic mass is 79.9. The molecular formula is C31H28BrCl2N3O4S. The van der Waals surface area contributed by atoms with Gasteiger partial charge in [-0.3, -0.25) is 13.9 Å². The van der Waals surface area contributed by atoms with Crippen LogP contribution in [0.25, 0.3) is 0 Å². The highest BCUT2D eigenvalue weighted by molar-refractivity contribution is 9.10. The smallest absolute Gasteiger partial charge is 0.264 e. The molecule has 0 bridgehead atoms. The molecule has 1 atom stereocenters. The third-order valence-electron chi connectivity index (χ3n) is 6.55. The van der Waals surface area contributed by atoms with Gasteiger partial charge in [-0.2, -0.15) is 0 Å².